The summed E-state index contributed by atoms with van der Waals surface area (Å²) in [4.78, 5) is 16.8. The summed E-state index contributed by atoms with van der Waals surface area (Å²) >= 11 is 7.27. The second-order valence-electron chi connectivity index (χ2n) is 8.53. The number of aliphatic imine (C=N–C) groups is 2. The Bertz CT molecular complexity index is 1090. The van der Waals surface area contributed by atoms with Gasteiger partial charge in [0.2, 0.25) is 17.7 Å². The number of nitrogens with one attached hydrogen (secondary N) is 1. The minimum Gasteiger partial charge on any atom is -0.480 e. The molecule has 0 aromatic carbocycles. The number of ether oxygens (including phenoxy) is 3. The molecule has 37 heavy (non-hydrogen) atoms. The van der Waals surface area contributed by atoms with Crippen LogP contribution in [0.1, 0.15) is 51.4 Å². The van der Waals surface area contributed by atoms with Crippen LogP contribution >= 0.6 is 23.5 Å². The third kappa shape index (κ3) is 8.38. The van der Waals surface area contributed by atoms with Gasteiger partial charge in [0.1, 0.15) is 11.9 Å². The molecule has 0 amide bonds. The van der Waals surface area contributed by atoms with E-state index >= 15 is 0 Å². The lowest BCUT2D eigenvalue weighted by atomic mass is 10.0. The first-order valence-corrected chi connectivity index (χ1v) is 12.7. The third-order valence-corrected chi connectivity index (χ3v) is 6.31. The summed E-state index contributed by atoms with van der Waals surface area (Å²) in [6.45, 7) is 9.12. The molecule has 204 valence electrons. The molecule has 12 nitrogen and oxygen atoms in total. The highest BCUT2D eigenvalue weighted by Crippen LogP contribution is 2.30. The quantitative estimate of drug-likeness (QED) is 0.153. The number of aliphatic hydroxyl groups is 1. The smallest absolute Gasteiger partial charge is 0.243 e. The molecule has 0 bridgehead atoms. The lowest BCUT2D eigenvalue weighted by Gasteiger charge is -2.22. The van der Waals surface area contributed by atoms with E-state index in [9.17, 15) is 5.11 Å². The molecular formula is C23H35ClN8O4S. The van der Waals surface area contributed by atoms with Crippen molar-refractivity contribution in [2.75, 3.05) is 33.1 Å². The van der Waals surface area contributed by atoms with Crippen LogP contribution in [0.4, 0.5) is 5.95 Å². The Morgan fingerprint density at radius 1 is 1.24 bits per heavy atom. The van der Waals surface area contributed by atoms with Crippen molar-refractivity contribution in [1.82, 2.24) is 24.7 Å². The number of hydrogen-bond donors (Lipinski definition) is 2. The molecule has 2 atom stereocenters. The minimum absolute atomic E-state index is 0.149. The van der Waals surface area contributed by atoms with Crippen molar-refractivity contribution < 1.29 is 19.3 Å². The fourth-order valence-corrected chi connectivity index (χ4v) is 4.33. The Labute approximate surface area is 226 Å². The standard InChI is InChI=1S/C23H35ClN8O4S/c1-14(18(34-6)19-27-12-15(24)13-28-19)37-31-22-30-29-16(10-9-11-23(2,3)33)32(22)17(20(25-4)35-7)21(26-5)36-8/h12-14,18,33H,4,9-11H2,1-3,5-8H3,(H,30,31)/b20-17-,26-21+. The largest absolute Gasteiger partial charge is 0.480 e. The van der Waals surface area contributed by atoms with Crippen molar-refractivity contribution in [3.63, 3.8) is 0 Å². The van der Waals surface area contributed by atoms with Gasteiger partial charge in [0.15, 0.2) is 11.5 Å². The molecule has 2 aromatic rings. The number of rotatable bonds is 14. The Morgan fingerprint density at radius 3 is 2.43 bits per heavy atom. The van der Waals surface area contributed by atoms with E-state index in [4.69, 9.17) is 25.8 Å². The number of anilines is 1. The molecule has 14 heteroatoms. The summed E-state index contributed by atoms with van der Waals surface area (Å²) < 4.78 is 21.6. The van der Waals surface area contributed by atoms with E-state index in [0.717, 1.165) is 0 Å². The van der Waals surface area contributed by atoms with Crippen LogP contribution in [0, 0.1) is 0 Å². The van der Waals surface area contributed by atoms with Gasteiger partial charge < -0.3 is 19.3 Å². The third-order valence-electron chi connectivity index (χ3n) is 5.19. The van der Waals surface area contributed by atoms with Crippen LogP contribution in [-0.2, 0) is 20.6 Å². The lowest BCUT2D eigenvalue weighted by Crippen LogP contribution is -2.21. The van der Waals surface area contributed by atoms with Crippen LogP contribution in [0.2, 0.25) is 5.02 Å². The maximum Gasteiger partial charge on any atom is 0.243 e. The Hall–Kier alpha value is -2.74. The van der Waals surface area contributed by atoms with Gasteiger partial charge in [-0.25, -0.2) is 15.0 Å². The average molecular weight is 555 g/mol. The number of aromatic nitrogens is 5. The molecule has 0 fully saturated rings. The van der Waals surface area contributed by atoms with Gasteiger partial charge >= 0.3 is 0 Å². The van der Waals surface area contributed by atoms with Gasteiger partial charge in [-0.05, 0) is 52.3 Å². The molecule has 0 saturated heterocycles. The zero-order valence-corrected chi connectivity index (χ0v) is 23.8. The number of nitrogens with zero attached hydrogens (tertiary/aromatic N) is 7. The van der Waals surface area contributed by atoms with E-state index in [1.807, 2.05) is 6.92 Å². The summed E-state index contributed by atoms with van der Waals surface area (Å²) in [5.41, 5.74) is -0.427. The molecule has 2 rings (SSSR count). The molecule has 2 unspecified atom stereocenters. The molecule has 2 aromatic heterocycles. The fraction of sp³-hybridized carbons (Fsp3) is 0.565. The molecule has 0 radical (unpaired) electrons. The molecular weight excluding hydrogens is 520 g/mol. The summed E-state index contributed by atoms with van der Waals surface area (Å²) in [5.74, 6) is 1.90. The maximum absolute atomic E-state index is 10.2. The van der Waals surface area contributed by atoms with Crippen molar-refractivity contribution >= 4 is 47.8 Å². The predicted molar refractivity (Wildman–Crippen MR) is 147 cm³/mol. The summed E-state index contributed by atoms with van der Waals surface area (Å²) in [5, 5.41) is 19.2. The summed E-state index contributed by atoms with van der Waals surface area (Å²) in [6.07, 6.45) is 4.37. The van der Waals surface area contributed by atoms with Crippen LogP contribution in [0.5, 0.6) is 0 Å². The SMILES string of the molecule is C=N/C(OC)=C(\C(=N/C)OC)n1c(CCCC(C)(C)O)nnc1NSC(C)C(OC)c1ncc(Cl)cn1. The van der Waals surface area contributed by atoms with Gasteiger partial charge in [-0.2, -0.15) is 0 Å². The fourth-order valence-electron chi connectivity index (χ4n) is 3.46. The second kappa shape index (κ2) is 14.3. The van der Waals surface area contributed by atoms with Crippen LogP contribution in [0.15, 0.2) is 28.3 Å². The van der Waals surface area contributed by atoms with Crippen molar-refractivity contribution in [2.45, 2.75) is 57.0 Å². The zero-order valence-electron chi connectivity index (χ0n) is 22.2. The molecule has 0 saturated carbocycles. The highest BCUT2D eigenvalue weighted by Gasteiger charge is 2.27. The molecule has 0 aliphatic heterocycles. The van der Waals surface area contributed by atoms with Gasteiger partial charge in [0, 0.05) is 33.0 Å². The number of methoxy groups -OCH3 is 3. The van der Waals surface area contributed by atoms with Crippen LogP contribution < -0.4 is 4.72 Å². The summed E-state index contributed by atoms with van der Waals surface area (Å²) in [7, 11) is 6.15. The van der Waals surface area contributed by atoms with E-state index in [-0.39, 0.29) is 17.0 Å². The Balaban J connectivity index is 2.45. The van der Waals surface area contributed by atoms with Gasteiger partial charge in [0.05, 0.1) is 30.1 Å². The van der Waals surface area contributed by atoms with E-state index in [2.05, 4.69) is 41.6 Å². The molecule has 0 aliphatic carbocycles. The maximum atomic E-state index is 10.2. The van der Waals surface area contributed by atoms with E-state index < -0.39 is 11.7 Å². The minimum atomic E-state index is -0.808. The van der Waals surface area contributed by atoms with E-state index in [0.29, 0.717) is 47.6 Å². The average Bonchev–Trinajstić information content (AvgIpc) is 3.25. The lowest BCUT2D eigenvalue weighted by molar-refractivity contribution is 0.0687. The zero-order chi connectivity index (χ0) is 27.6. The number of halogens is 1. The van der Waals surface area contributed by atoms with Crippen molar-refractivity contribution in [3.05, 3.63) is 34.9 Å². The first-order chi connectivity index (χ1) is 17.6. The Kier molecular flexibility index (Phi) is 11.8. The van der Waals surface area contributed by atoms with Crippen molar-refractivity contribution in [1.29, 1.82) is 0 Å². The highest BCUT2D eigenvalue weighted by atomic mass is 35.5. The van der Waals surface area contributed by atoms with Crippen molar-refractivity contribution in [2.24, 2.45) is 9.98 Å². The van der Waals surface area contributed by atoms with Gasteiger partial charge in [-0.3, -0.25) is 14.3 Å². The molecule has 0 spiro atoms. The van der Waals surface area contributed by atoms with Gasteiger partial charge in [-0.15, -0.1) is 10.2 Å². The second-order valence-corrected chi connectivity index (χ2v) is 10.2. The van der Waals surface area contributed by atoms with Crippen molar-refractivity contribution in [3.8, 4) is 0 Å². The number of aryl methyl sites for hydroxylation is 1. The van der Waals surface area contributed by atoms with Crippen LogP contribution in [0.3, 0.4) is 0 Å². The van der Waals surface area contributed by atoms with Crippen LogP contribution in [0.25, 0.3) is 5.70 Å². The van der Waals surface area contributed by atoms with E-state index in [1.54, 1.807) is 32.6 Å². The first kappa shape index (κ1) is 30.5. The highest BCUT2D eigenvalue weighted by molar-refractivity contribution is 8.01. The van der Waals surface area contributed by atoms with E-state index in [1.165, 1.54) is 38.6 Å². The molecule has 2 N–H and O–H groups in total. The normalized spacial score (nSPS) is 14.6. The monoisotopic (exact) mass is 554 g/mol. The topological polar surface area (TPSA) is 141 Å². The Morgan fingerprint density at radius 2 is 1.92 bits per heavy atom. The number of hydrogen-bond acceptors (Lipinski definition) is 12. The van der Waals surface area contributed by atoms with Crippen LogP contribution in [-0.4, -0.2) is 81.7 Å². The predicted octanol–water partition coefficient (Wildman–Crippen LogP) is 3.80. The summed E-state index contributed by atoms with van der Waals surface area (Å²) in [6, 6.07) is 0. The van der Waals surface area contributed by atoms with Gasteiger partial charge in [0.25, 0.3) is 0 Å². The first-order valence-electron chi connectivity index (χ1n) is 11.4. The molecule has 2 heterocycles. The molecule has 0 aliphatic rings. The van der Waals surface area contributed by atoms with Gasteiger partial charge in [-0.1, -0.05) is 11.6 Å².